The molecule has 1 N–H and O–H groups in total. The Labute approximate surface area is 121 Å². The average molecular weight is 291 g/mol. The van der Waals surface area contributed by atoms with Crippen molar-refractivity contribution in [1.82, 2.24) is 14.9 Å². The molecule has 0 radical (unpaired) electrons. The summed E-state index contributed by atoms with van der Waals surface area (Å²) in [4.78, 5) is 17.8. The van der Waals surface area contributed by atoms with Crippen molar-refractivity contribution in [1.29, 1.82) is 0 Å². The molecule has 1 aliphatic rings. The fourth-order valence-corrected chi connectivity index (χ4v) is 3.16. The highest BCUT2D eigenvalue weighted by Crippen LogP contribution is 2.22. The summed E-state index contributed by atoms with van der Waals surface area (Å²) in [6.07, 6.45) is 2.68. The molecular weight excluding hydrogens is 274 g/mol. The third kappa shape index (κ3) is 2.62. The zero-order valence-corrected chi connectivity index (χ0v) is 12.2. The maximum Gasteiger partial charge on any atom is 0.271 e. The molecule has 1 atom stereocenters. The van der Waals surface area contributed by atoms with E-state index >= 15 is 0 Å². The molecule has 106 valence electrons. The second-order valence-corrected chi connectivity index (χ2v) is 5.72. The van der Waals surface area contributed by atoms with E-state index in [2.05, 4.69) is 17.2 Å². The van der Waals surface area contributed by atoms with Gasteiger partial charge >= 0.3 is 0 Å². The fraction of sp³-hybridized carbons (Fsp3) is 0.429. The topological polar surface area (TPSA) is 56.2 Å². The highest BCUT2D eigenvalue weighted by molar-refractivity contribution is 7.10. The van der Waals surface area contributed by atoms with E-state index in [4.69, 9.17) is 4.74 Å². The normalized spacial score (nSPS) is 15.7. The summed E-state index contributed by atoms with van der Waals surface area (Å²) >= 11 is 1.66. The van der Waals surface area contributed by atoms with Gasteiger partial charge in [-0.2, -0.15) is 0 Å². The lowest BCUT2D eigenvalue weighted by atomic mass is 10.2. The van der Waals surface area contributed by atoms with Crippen LogP contribution in [0.2, 0.25) is 0 Å². The van der Waals surface area contributed by atoms with Crippen molar-refractivity contribution in [3.63, 3.8) is 0 Å². The number of imidazole rings is 1. The van der Waals surface area contributed by atoms with Gasteiger partial charge in [-0.25, -0.2) is 4.98 Å². The SMILES string of the molecule is CCC(NC(=O)c1cn2c(n1)COCC2)c1cccs1. The number of aromatic nitrogens is 2. The number of amides is 1. The smallest absolute Gasteiger partial charge is 0.271 e. The number of fused-ring (bicyclic) bond motifs is 1. The summed E-state index contributed by atoms with van der Waals surface area (Å²) in [5, 5.41) is 5.07. The van der Waals surface area contributed by atoms with Crippen molar-refractivity contribution >= 4 is 17.2 Å². The zero-order chi connectivity index (χ0) is 13.9. The van der Waals surface area contributed by atoms with Crippen LogP contribution >= 0.6 is 11.3 Å². The predicted molar refractivity (Wildman–Crippen MR) is 76.7 cm³/mol. The summed E-state index contributed by atoms with van der Waals surface area (Å²) < 4.78 is 7.33. The second kappa shape index (κ2) is 5.76. The summed E-state index contributed by atoms with van der Waals surface area (Å²) in [5.41, 5.74) is 0.473. The molecule has 0 fully saturated rings. The first-order valence-corrected chi connectivity index (χ1v) is 7.64. The summed E-state index contributed by atoms with van der Waals surface area (Å²) in [5.74, 6) is 0.706. The van der Waals surface area contributed by atoms with Crippen molar-refractivity contribution in [2.24, 2.45) is 0 Å². The molecule has 5 nitrogen and oxygen atoms in total. The third-order valence-corrected chi connectivity index (χ3v) is 4.39. The Morgan fingerprint density at radius 1 is 1.65 bits per heavy atom. The van der Waals surface area contributed by atoms with Crippen LogP contribution in [-0.4, -0.2) is 22.1 Å². The van der Waals surface area contributed by atoms with Crippen LogP contribution in [0.5, 0.6) is 0 Å². The molecule has 1 unspecified atom stereocenters. The summed E-state index contributed by atoms with van der Waals surface area (Å²) in [7, 11) is 0. The van der Waals surface area contributed by atoms with Crippen molar-refractivity contribution in [3.8, 4) is 0 Å². The van der Waals surface area contributed by atoms with E-state index < -0.39 is 0 Å². The number of nitrogens with one attached hydrogen (secondary N) is 1. The average Bonchev–Trinajstić information content (AvgIpc) is 3.13. The Morgan fingerprint density at radius 2 is 2.55 bits per heavy atom. The van der Waals surface area contributed by atoms with Gasteiger partial charge in [-0.1, -0.05) is 13.0 Å². The first-order valence-electron chi connectivity index (χ1n) is 6.76. The van der Waals surface area contributed by atoms with E-state index in [1.807, 2.05) is 28.3 Å². The Morgan fingerprint density at radius 3 is 3.25 bits per heavy atom. The molecule has 20 heavy (non-hydrogen) atoms. The van der Waals surface area contributed by atoms with Crippen LogP contribution in [0.25, 0.3) is 0 Å². The number of hydrogen-bond acceptors (Lipinski definition) is 4. The maximum absolute atomic E-state index is 12.3. The molecule has 6 heteroatoms. The lowest BCUT2D eigenvalue weighted by Gasteiger charge is -2.14. The minimum atomic E-state index is -0.118. The number of nitrogens with zero attached hydrogens (tertiary/aromatic N) is 2. The molecule has 0 spiro atoms. The quantitative estimate of drug-likeness (QED) is 0.941. The van der Waals surface area contributed by atoms with Gasteiger partial charge in [0.05, 0.1) is 12.6 Å². The van der Waals surface area contributed by atoms with Gasteiger partial charge in [0.2, 0.25) is 0 Å². The molecule has 3 rings (SSSR count). The second-order valence-electron chi connectivity index (χ2n) is 4.74. The van der Waals surface area contributed by atoms with Gasteiger partial charge in [0.25, 0.3) is 5.91 Å². The van der Waals surface area contributed by atoms with Crippen LogP contribution < -0.4 is 5.32 Å². The molecule has 0 saturated heterocycles. The molecule has 2 aromatic rings. The van der Waals surface area contributed by atoms with Crippen molar-refractivity contribution in [3.05, 3.63) is 40.1 Å². The van der Waals surface area contributed by atoms with Gasteiger partial charge in [-0.05, 0) is 17.9 Å². The molecule has 3 heterocycles. The highest BCUT2D eigenvalue weighted by Gasteiger charge is 2.20. The standard InChI is InChI=1S/C14H17N3O2S/c1-2-10(12-4-3-7-20-12)16-14(18)11-8-17-5-6-19-9-13(17)15-11/h3-4,7-8,10H,2,5-6,9H2,1H3,(H,16,18). The Bertz CT molecular complexity index is 568. The van der Waals surface area contributed by atoms with Gasteiger partial charge in [0.1, 0.15) is 18.1 Å². The molecule has 1 amide bonds. The molecule has 2 aromatic heterocycles. The van der Waals surface area contributed by atoms with Gasteiger partial charge in [0, 0.05) is 17.6 Å². The third-order valence-electron chi connectivity index (χ3n) is 3.40. The van der Waals surface area contributed by atoms with Crippen LogP contribution in [0.3, 0.4) is 0 Å². The predicted octanol–water partition coefficient (Wildman–Crippen LogP) is 2.36. The van der Waals surface area contributed by atoms with Crippen molar-refractivity contribution < 1.29 is 9.53 Å². The van der Waals surface area contributed by atoms with Gasteiger partial charge in [-0.15, -0.1) is 11.3 Å². The van der Waals surface area contributed by atoms with Crippen molar-refractivity contribution in [2.45, 2.75) is 32.5 Å². The highest BCUT2D eigenvalue weighted by atomic mass is 32.1. The van der Waals surface area contributed by atoms with Crippen molar-refractivity contribution in [2.75, 3.05) is 6.61 Å². The minimum Gasteiger partial charge on any atom is -0.372 e. The van der Waals surface area contributed by atoms with Crippen LogP contribution in [0.1, 0.15) is 40.6 Å². The van der Waals surface area contributed by atoms with Crippen LogP contribution in [0.15, 0.2) is 23.7 Å². The lowest BCUT2D eigenvalue weighted by Crippen LogP contribution is -2.27. The molecule has 0 aliphatic carbocycles. The molecule has 0 bridgehead atoms. The first-order chi connectivity index (χ1) is 9.78. The number of rotatable bonds is 4. The van der Waals surface area contributed by atoms with E-state index in [0.717, 1.165) is 18.8 Å². The first kappa shape index (κ1) is 13.3. The van der Waals surface area contributed by atoms with Crippen LogP contribution in [-0.2, 0) is 17.9 Å². The van der Waals surface area contributed by atoms with Crippen LogP contribution in [0.4, 0.5) is 0 Å². The number of hydrogen-bond donors (Lipinski definition) is 1. The molecular formula is C14H17N3O2S. The number of thiophene rings is 1. The van der Waals surface area contributed by atoms with E-state index in [0.29, 0.717) is 18.9 Å². The lowest BCUT2D eigenvalue weighted by molar-refractivity contribution is 0.0815. The minimum absolute atomic E-state index is 0.0532. The Hall–Kier alpha value is -1.66. The van der Waals surface area contributed by atoms with Gasteiger partial charge < -0.3 is 14.6 Å². The number of carbonyl (C=O) groups is 1. The Balaban J connectivity index is 1.74. The van der Waals surface area contributed by atoms with E-state index in [-0.39, 0.29) is 11.9 Å². The summed E-state index contributed by atoms with van der Waals surface area (Å²) in [6, 6.07) is 4.10. The van der Waals surface area contributed by atoms with Crippen LogP contribution in [0, 0.1) is 0 Å². The fourth-order valence-electron chi connectivity index (χ4n) is 2.29. The zero-order valence-electron chi connectivity index (χ0n) is 11.3. The summed E-state index contributed by atoms with van der Waals surface area (Å²) in [6.45, 7) is 3.99. The molecule has 0 aromatic carbocycles. The molecule has 0 saturated carbocycles. The monoisotopic (exact) mass is 291 g/mol. The maximum atomic E-state index is 12.3. The largest absolute Gasteiger partial charge is 0.372 e. The van der Waals surface area contributed by atoms with E-state index in [1.54, 1.807) is 11.3 Å². The van der Waals surface area contributed by atoms with E-state index in [9.17, 15) is 4.79 Å². The number of carbonyl (C=O) groups excluding carboxylic acids is 1. The Kier molecular flexibility index (Phi) is 3.84. The number of ether oxygens (including phenoxy) is 1. The molecule has 1 aliphatic heterocycles. The van der Waals surface area contributed by atoms with Gasteiger partial charge in [0.15, 0.2) is 0 Å². The van der Waals surface area contributed by atoms with E-state index in [1.165, 1.54) is 4.88 Å². The van der Waals surface area contributed by atoms with Gasteiger partial charge in [-0.3, -0.25) is 4.79 Å².